The third-order valence-electron chi connectivity index (χ3n) is 9.21. The number of para-hydroxylation sites is 1. The number of allylic oxidation sites excluding steroid dienone is 1. The van der Waals surface area contributed by atoms with Gasteiger partial charge in [0, 0.05) is 27.1 Å². The van der Waals surface area contributed by atoms with E-state index in [1.807, 2.05) is 42.5 Å². The van der Waals surface area contributed by atoms with Crippen LogP contribution >= 0.6 is 11.8 Å². The number of ketones is 2. The van der Waals surface area contributed by atoms with E-state index in [0.29, 0.717) is 11.1 Å². The molecule has 3 nitrogen and oxygen atoms in total. The highest BCUT2D eigenvalue weighted by Gasteiger charge is 2.38. The number of hydrogen-bond donors (Lipinski definition) is 0. The molecular weight excluding hydrogens is 559 g/mol. The first-order valence-corrected chi connectivity index (χ1v) is 16.0. The van der Waals surface area contributed by atoms with Gasteiger partial charge in [-0.2, -0.15) is 0 Å². The second kappa shape index (κ2) is 9.80. The zero-order chi connectivity index (χ0) is 30.2. The summed E-state index contributed by atoms with van der Waals surface area (Å²) in [6.45, 7) is 4.59. The number of rotatable bonds is 3. The van der Waals surface area contributed by atoms with E-state index in [9.17, 15) is 9.59 Å². The van der Waals surface area contributed by atoms with Gasteiger partial charge in [-0.3, -0.25) is 9.59 Å². The maximum atomic E-state index is 13.4. The van der Waals surface area contributed by atoms with Crippen molar-refractivity contribution in [2.45, 2.75) is 24.2 Å². The Bertz CT molecular complexity index is 2170. The van der Waals surface area contributed by atoms with Gasteiger partial charge in [0.1, 0.15) is 0 Å². The second-order valence-electron chi connectivity index (χ2n) is 12.1. The number of nitrogens with zero attached hydrogens (tertiary/aromatic N) is 1. The first-order chi connectivity index (χ1) is 21.3. The summed E-state index contributed by atoms with van der Waals surface area (Å²) in [7, 11) is 0. The predicted octanol–water partition coefficient (Wildman–Crippen LogP) is 10.3. The Labute approximate surface area is 260 Å². The number of hydrogen-bond acceptors (Lipinski definition) is 4. The number of Topliss-reactive ketones (excluding diaryl/α,β-unsaturated/α-hetero) is 2. The summed E-state index contributed by atoms with van der Waals surface area (Å²) in [4.78, 5) is 30.5. The molecule has 6 aromatic carbocycles. The van der Waals surface area contributed by atoms with Gasteiger partial charge in [0.25, 0.3) is 0 Å². The summed E-state index contributed by atoms with van der Waals surface area (Å²) in [6, 6.07) is 39.6. The van der Waals surface area contributed by atoms with Gasteiger partial charge in [-0.15, -0.1) is 11.8 Å². The molecule has 0 atom stereocenters. The van der Waals surface area contributed by atoms with E-state index in [2.05, 4.69) is 97.8 Å². The molecule has 0 bridgehead atoms. The number of carbonyl (C=O) groups excluding carboxylic acids is 2. The molecule has 212 valence electrons. The van der Waals surface area contributed by atoms with Gasteiger partial charge in [-0.25, -0.2) is 0 Å². The van der Waals surface area contributed by atoms with Crippen LogP contribution < -0.4 is 4.90 Å². The summed E-state index contributed by atoms with van der Waals surface area (Å²) in [5.41, 5.74) is 7.79. The normalized spacial score (nSPS) is 15.0. The van der Waals surface area contributed by atoms with Crippen LogP contribution in [0.5, 0.6) is 0 Å². The lowest BCUT2D eigenvalue weighted by Crippen LogP contribution is -2.30. The lowest BCUT2D eigenvalue weighted by molar-refractivity contribution is 0.0990. The Morgan fingerprint density at radius 2 is 1.32 bits per heavy atom. The predicted molar refractivity (Wildman–Crippen MR) is 183 cm³/mol. The van der Waals surface area contributed by atoms with Gasteiger partial charge in [-0.05, 0) is 105 Å². The average molecular weight is 588 g/mol. The van der Waals surface area contributed by atoms with Gasteiger partial charge < -0.3 is 4.90 Å². The van der Waals surface area contributed by atoms with Crippen LogP contribution in [-0.4, -0.2) is 17.8 Å². The summed E-state index contributed by atoms with van der Waals surface area (Å²) in [6.07, 6.45) is 3.85. The van der Waals surface area contributed by atoms with Crippen molar-refractivity contribution in [1.29, 1.82) is 0 Å². The molecule has 6 aromatic rings. The Balaban J connectivity index is 1.26. The fraction of sp³-hybridized carbons (Fsp3) is 0.100. The Kier molecular flexibility index (Phi) is 5.94. The molecule has 1 aliphatic heterocycles. The minimum Gasteiger partial charge on any atom is -0.310 e. The first kappa shape index (κ1) is 26.7. The number of thioether (sulfide) groups is 1. The molecule has 0 aromatic heterocycles. The van der Waals surface area contributed by atoms with Crippen LogP contribution in [0.1, 0.15) is 51.3 Å². The molecule has 1 aliphatic carbocycles. The van der Waals surface area contributed by atoms with Crippen molar-refractivity contribution in [1.82, 2.24) is 0 Å². The minimum absolute atomic E-state index is 0.206. The van der Waals surface area contributed by atoms with Crippen molar-refractivity contribution >= 4 is 68.0 Å². The van der Waals surface area contributed by atoms with E-state index in [4.69, 9.17) is 0 Å². The molecule has 0 fully saturated rings. The first-order valence-electron chi connectivity index (χ1n) is 14.8. The number of anilines is 3. The third-order valence-corrected chi connectivity index (χ3v) is 9.96. The second-order valence-corrected chi connectivity index (χ2v) is 13.0. The van der Waals surface area contributed by atoms with Crippen molar-refractivity contribution in [3.05, 3.63) is 149 Å². The highest BCUT2D eigenvalue weighted by Crippen LogP contribution is 2.54. The molecule has 2 aliphatic rings. The van der Waals surface area contributed by atoms with Crippen LogP contribution in [0, 0.1) is 0 Å². The quantitative estimate of drug-likeness (QED) is 0.117. The van der Waals surface area contributed by atoms with E-state index in [-0.39, 0.29) is 22.6 Å². The van der Waals surface area contributed by atoms with Crippen LogP contribution in [0.15, 0.2) is 126 Å². The van der Waals surface area contributed by atoms with Crippen LogP contribution in [0.4, 0.5) is 17.1 Å². The molecule has 44 heavy (non-hydrogen) atoms. The molecule has 0 saturated heterocycles. The van der Waals surface area contributed by atoms with E-state index in [1.165, 1.54) is 21.7 Å². The topological polar surface area (TPSA) is 37.4 Å². The van der Waals surface area contributed by atoms with Crippen LogP contribution in [0.2, 0.25) is 0 Å². The SMILES string of the molecule is CSc1ccc(N2c3ccccc3C(C)(C)c3c2ccc2cc(C=C4C(=O)c5cc6ccccc6cc5C4=O)ccc32)cc1. The monoisotopic (exact) mass is 587 g/mol. The van der Waals surface area contributed by atoms with Crippen LogP contribution in [0.25, 0.3) is 27.6 Å². The average Bonchev–Trinajstić information content (AvgIpc) is 3.27. The van der Waals surface area contributed by atoms with Crippen molar-refractivity contribution in [2.75, 3.05) is 11.2 Å². The minimum atomic E-state index is -0.248. The van der Waals surface area contributed by atoms with E-state index in [1.54, 1.807) is 17.8 Å². The van der Waals surface area contributed by atoms with Gasteiger partial charge in [0.05, 0.1) is 16.9 Å². The highest BCUT2D eigenvalue weighted by molar-refractivity contribution is 7.98. The maximum absolute atomic E-state index is 13.4. The molecule has 4 heteroatoms. The standard InChI is InChI=1S/C40H29NO2S/c1-40(2)34-10-6-7-11-35(34)41(28-14-16-29(44-3)17-15-28)36-19-13-27-20-24(12-18-30(27)37(36)40)21-33-38(42)31-22-25-8-4-5-9-26(25)23-32(31)39(33)43/h4-23H,1-3H3. The molecule has 0 N–H and O–H groups in total. The zero-order valence-electron chi connectivity index (χ0n) is 24.7. The molecule has 8 rings (SSSR count). The summed E-state index contributed by atoms with van der Waals surface area (Å²) in [5.74, 6) is -0.413. The molecule has 0 unspecified atom stereocenters. The fourth-order valence-corrected chi connectivity index (χ4v) is 7.46. The van der Waals surface area contributed by atoms with E-state index >= 15 is 0 Å². The van der Waals surface area contributed by atoms with Crippen molar-refractivity contribution < 1.29 is 9.59 Å². The Morgan fingerprint density at radius 1 is 0.659 bits per heavy atom. The summed E-state index contributed by atoms with van der Waals surface area (Å²) < 4.78 is 0. The number of benzene rings is 6. The summed E-state index contributed by atoms with van der Waals surface area (Å²) >= 11 is 1.74. The Morgan fingerprint density at radius 3 is 2.00 bits per heavy atom. The van der Waals surface area contributed by atoms with E-state index in [0.717, 1.165) is 38.5 Å². The van der Waals surface area contributed by atoms with Gasteiger partial charge >= 0.3 is 0 Å². The molecule has 0 radical (unpaired) electrons. The van der Waals surface area contributed by atoms with E-state index < -0.39 is 0 Å². The van der Waals surface area contributed by atoms with Gasteiger partial charge in [0.2, 0.25) is 0 Å². The zero-order valence-corrected chi connectivity index (χ0v) is 25.5. The number of carbonyl (C=O) groups is 2. The lowest BCUT2D eigenvalue weighted by atomic mass is 9.71. The molecule has 0 saturated carbocycles. The fourth-order valence-electron chi connectivity index (χ4n) is 7.05. The smallest absolute Gasteiger partial charge is 0.197 e. The number of fused-ring (bicyclic) bond motifs is 6. The lowest BCUT2D eigenvalue weighted by Gasteiger charge is -2.42. The Hall–Kier alpha value is -4.93. The van der Waals surface area contributed by atoms with Crippen molar-refractivity contribution in [3.63, 3.8) is 0 Å². The highest BCUT2D eigenvalue weighted by atomic mass is 32.2. The largest absolute Gasteiger partial charge is 0.310 e. The molecule has 1 heterocycles. The third kappa shape index (κ3) is 3.91. The van der Waals surface area contributed by atoms with Crippen molar-refractivity contribution in [2.24, 2.45) is 0 Å². The molecular formula is C40H29NO2S. The van der Waals surface area contributed by atoms with Crippen LogP contribution in [-0.2, 0) is 5.41 Å². The van der Waals surface area contributed by atoms with Crippen LogP contribution in [0.3, 0.4) is 0 Å². The molecule has 0 amide bonds. The summed E-state index contributed by atoms with van der Waals surface area (Å²) in [5, 5.41) is 4.16. The maximum Gasteiger partial charge on any atom is 0.197 e. The van der Waals surface area contributed by atoms with Crippen molar-refractivity contribution in [3.8, 4) is 0 Å². The molecule has 0 spiro atoms. The van der Waals surface area contributed by atoms with Gasteiger partial charge in [0.15, 0.2) is 11.6 Å². The van der Waals surface area contributed by atoms with Gasteiger partial charge in [-0.1, -0.05) is 74.5 Å².